The molecule has 0 saturated carbocycles. The molecule has 0 amide bonds. The molecule has 0 spiro atoms. The molecule has 0 aliphatic rings. The van der Waals surface area contributed by atoms with E-state index in [0.717, 1.165) is 24.1 Å². The van der Waals surface area contributed by atoms with Gasteiger partial charge >= 0.3 is 0 Å². The first kappa shape index (κ1) is 14.5. The van der Waals surface area contributed by atoms with Gasteiger partial charge in [-0.1, -0.05) is 28.7 Å². The average Bonchev–Trinajstić information content (AvgIpc) is 3.14. The largest absolute Gasteiger partial charge is 0.361 e. The normalized spacial score (nSPS) is 11.6. The standard InChI is InChI=1S/C15H18IN5/c1-20(9-16)5-4-13-7-18-15-3-2-12(6-14(13)15)8-21-11-17-10-19-21/h2-3,6-7,10-11,18H,4-5,8-9H2,1H3. The zero-order valence-corrected chi connectivity index (χ0v) is 14.1. The Morgan fingerprint density at radius 1 is 1.38 bits per heavy atom. The molecule has 21 heavy (non-hydrogen) atoms. The highest BCUT2D eigenvalue weighted by atomic mass is 127. The quantitative estimate of drug-likeness (QED) is 0.397. The molecule has 3 aromatic rings. The van der Waals surface area contributed by atoms with Gasteiger partial charge in [0.1, 0.15) is 12.7 Å². The van der Waals surface area contributed by atoms with Crippen molar-refractivity contribution in [3.8, 4) is 0 Å². The molecule has 1 N–H and O–H groups in total. The van der Waals surface area contributed by atoms with E-state index in [1.165, 1.54) is 22.0 Å². The second-order valence-electron chi connectivity index (χ2n) is 5.24. The van der Waals surface area contributed by atoms with Gasteiger partial charge in [-0.15, -0.1) is 0 Å². The second-order valence-corrected chi connectivity index (χ2v) is 5.92. The first-order valence-electron chi connectivity index (χ1n) is 6.92. The van der Waals surface area contributed by atoms with Crippen LogP contribution in [0.2, 0.25) is 0 Å². The molecular weight excluding hydrogens is 377 g/mol. The molecule has 0 atom stereocenters. The molecule has 0 radical (unpaired) electrons. The number of hydrogen-bond donors (Lipinski definition) is 1. The fourth-order valence-electron chi connectivity index (χ4n) is 2.40. The van der Waals surface area contributed by atoms with Crippen LogP contribution in [-0.2, 0) is 13.0 Å². The van der Waals surface area contributed by atoms with Crippen LogP contribution in [0.15, 0.2) is 37.1 Å². The molecule has 3 rings (SSSR count). The number of nitrogens with zero attached hydrogens (tertiary/aromatic N) is 4. The van der Waals surface area contributed by atoms with E-state index in [-0.39, 0.29) is 0 Å². The Morgan fingerprint density at radius 3 is 3.05 bits per heavy atom. The highest BCUT2D eigenvalue weighted by Crippen LogP contribution is 2.21. The molecule has 0 saturated heterocycles. The van der Waals surface area contributed by atoms with E-state index in [1.54, 1.807) is 12.7 Å². The van der Waals surface area contributed by atoms with Gasteiger partial charge in [-0.3, -0.25) is 4.90 Å². The number of alkyl halides is 1. The van der Waals surface area contributed by atoms with Gasteiger partial charge in [-0.2, -0.15) is 5.10 Å². The zero-order valence-electron chi connectivity index (χ0n) is 12.0. The van der Waals surface area contributed by atoms with E-state index < -0.39 is 0 Å². The number of H-pyrrole nitrogens is 1. The highest BCUT2D eigenvalue weighted by molar-refractivity contribution is 14.1. The molecular formula is C15H18IN5. The number of fused-ring (bicyclic) bond motifs is 1. The Labute approximate surface area is 137 Å². The van der Waals surface area contributed by atoms with Crippen LogP contribution in [-0.4, -0.2) is 42.8 Å². The number of aromatic nitrogens is 4. The maximum atomic E-state index is 4.16. The molecule has 5 nitrogen and oxygen atoms in total. The molecule has 0 unspecified atom stereocenters. The average molecular weight is 395 g/mol. The molecule has 6 heteroatoms. The van der Waals surface area contributed by atoms with E-state index in [9.17, 15) is 0 Å². The predicted octanol–water partition coefficient (Wildman–Crippen LogP) is 2.67. The number of hydrogen-bond acceptors (Lipinski definition) is 3. The third kappa shape index (κ3) is 3.44. The van der Waals surface area contributed by atoms with Crippen LogP contribution in [0.25, 0.3) is 10.9 Å². The Bertz CT molecular complexity index is 704. The van der Waals surface area contributed by atoms with Gasteiger partial charge in [-0.05, 0) is 36.7 Å². The summed E-state index contributed by atoms with van der Waals surface area (Å²) in [4.78, 5) is 9.66. The highest BCUT2D eigenvalue weighted by Gasteiger charge is 2.06. The van der Waals surface area contributed by atoms with Crippen molar-refractivity contribution in [3.63, 3.8) is 0 Å². The van der Waals surface area contributed by atoms with Gasteiger partial charge in [0.2, 0.25) is 0 Å². The Hall–Kier alpha value is -1.41. The van der Waals surface area contributed by atoms with Gasteiger partial charge in [0.15, 0.2) is 0 Å². The Balaban J connectivity index is 1.82. The summed E-state index contributed by atoms with van der Waals surface area (Å²) in [6, 6.07) is 6.54. The number of benzene rings is 1. The van der Waals surface area contributed by atoms with E-state index in [2.05, 4.69) is 74.0 Å². The first-order valence-corrected chi connectivity index (χ1v) is 8.44. The van der Waals surface area contributed by atoms with Crippen LogP contribution >= 0.6 is 22.6 Å². The molecule has 0 aliphatic carbocycles. The van der Waals surface area contributed by atoms with Crippen molar-refractivity contribution < 1.29 is 0 Å². The lowest BCUT2D eigenvalue weighted by molar-refractivity contribution is 0.406. The van der Waals surface area contributed by atoms with Crippen molar-refractivity contribution in [2.75, 3.05) is 18.1 Å². The van der Waals surface area contributed by atoms with Crippen molar-refractivity contribution >= 4 is 33.5 Å². The van der Waals surface area contributed by atoms with E-state index in [4.69, 9.17) is 0 Å². The molecule has 110 valence electrons. The van der Waals surface area contributed by atoms with Crippen LogP contribution in [0.5, 0.6) is 0 Å². The first-order chi connectivity index (χ1) is 10.3. The van der Waals surface area contributed by atoms with Gasteiger partial charge in [-0.25, -0.2) is 9.67 Å². The number of likely N-dealkylation sites (N-methyl/N-ethyl adjacent to an activating group) is 1. The minimum atomic E-state index is 0.758. The minimum Gasteiger partial charge on any atom is -0.361 e. The number of halogens is 1. The Kier molecular flexibility index (Phi) is 4.54. The summed E-state index contributed by atoms with van der Waals surface area (Å²) in [7, 11) is 2.15. The van der Waals surface area contributed by atoms with Crippen molar-refractivity contribution in [1.82, 2.24) is 24.6 Å². The lowest BCUT2D eigenvalue weighted by Gasteiger charge is -2.12. The minimum absolute atomic E-state index is 0.758. The van der Waals surface area contributed by atoms with Gasteiger partial charge in [0, 0.05) is 23.6 Å². The van der Waals surface area contributed by atoms with Crippen molar-refractivity contribution in [1.29, 1.82) is 0 Å². The fraction of sp³-hybridized carbons (Fsp3) is 0.333. The summed E-state index contributed by atoms with van der Waals surface area (Å²) >= 11 is 2.39. The van der Waals surface area contributed by atoms with Crippen molar-refractivity contribution in [2.24, 2.45) is 0 Å². The maximum Gasteiger partial charge on any atom is 0.137 e. The SMILES string of the molecule is CN(CI)CCc1c[nH]c2ccc(Cn3cncn3)cc12. The molecule has 0 bridgehead atoms. The molecule has 0 fully saturated rings. The summed E-state index contributed by atoms with van der Waals surface area (Å²) in [5, 5.41) is 5.48. The zero-order chi connectivity index (χ0) is 14.7. The van der Waals surface area contributed by atoms with Crippen molar-refractivity contribution in [2.45, 2.75) is 13.0 Å². The van der Waals surface area contributed by atoms with Gasteiger partial charge in [0.25, 0.3) is 0 Å². The van der Waals surface area contributed by atoms with Crippen LogP contribution in [0.1, 0.15) is 11.1 Å². The van der Waals surface area contributed by atoms with E-state index in [0.29, 0.717) is 0 Å². The lowest BCUT2D eigenvalue weighted by Crippen LogP contribution is -2.18. The Morgan fingerprint density at radius 2 is 2.29 bits per heavy atom. The predicted molar refractivity (Wildman–Crippen MR) is 92.6 cm³/mol. The van der Waals surface area contributed by atoms with Crippen LogP contribution in [0.3, 0.4) is 0 Å². The maximum absolute atomic E-state index is 4.16. The van der Waals surface area contributed by atoms with Gasteiger partial charge < -0.3 is 4.98 Å². The van der Waals surface area contributed by atoms with Crippen molar-refractivity contribution in [3.05, 3.63) is 48.2 Å². The molecule has 0 aliphatic heterocycles. The van der Waals surface area contributed by atoms with Crippen LogP contribution in [0.4, 0.5) is 0 Å². The summed E-state index contributed by atoms with van der Waals surface area (Å²) in [5.74, 6) is 0. The topological polar surface area (TPSA) is 49.7 Å². The van der Waals surface area contributed by atoms with Gasteiger partial charge in [0.05, 0.1) is 11.1 Å². The van der Waals surface area contributed by atoms with Crippen LogP contribution < -0.4 is 0 Å². The molecule has 1 aromatic carbocycles. The number of rotatable bonds is 6. The molecule has 2 heterocycles. The number of nitrogens with one attached hydrogen (secondary N) is 1. The third-order valence-electron chi connectivity index (χ3n) is 3.61. The number of aromatic amines is 1. The third-order valence-corrected chi connectivity index (χ3v) is 4.77. The summed E-state index contributed by atoms with van der Waals surface area (Å²) in [6.45, 7) is 1.83. The van der Waals surface area contributed by atoms with E-state index in [1.807, 2.05) is 4.68 Å². The molecule has 2 aromatic heterocycles. The summed E-state index contributed by atoms with van der Waals surface area (Å²) in [5.41, 5.74) is 3.82. The fourth-order valence-corrected chi connectivity index (χ4v) is 2.74. The summed E-state index contributed by atoms with van der Waals surface area (Å²) in [6.07, 6.45) is 6.51. The summed E-state index contributed by atoms with van der Waals surface area (Å²) < 4.78 is 2.90. The van der Waals surface area contributed by atoms with Crippen LogP contribution in [0, 0.1) is 0 Å². The lowest BCUT2D eigenvalue weighted by atomic mass is 10.1. The monoisotopic (exact) mass is 395 g/mol. The smallest absolute Gasteiger partial charge is 0.137 e. The second kappa shape index (κ2) is 6.57. The van der Waals surface area contributed by atoms with E-state index >= 15 is 0 Å².